The molecule has 0 unspecified atom stereocenters. The summed E-state index contributed by atoms with van der Waals surface area (Å²) in [4.78, 5) is 4.26. The van der Waals surface area contributed by atoms with Crippen molar-refractivity contribution in [2.24, 2.45) is 0 Å². The van der Waals surface area contributed by atoms with Gasteiger partial charge in [0.15, 0.2) is 5.16 Å². The van der Waals surface area contributed by atoms with Crippen LogP contribution in [0.5, 0.6) is 0 Å². The van der Waals surface area contributed by atoms with Crippen molar-refractivity contribution in [3.63, 3.8) is 0 Å². The topological polar surface area (TPSA) is 35.6 Å². The van der Waals surface area contributed by atoms with Gasteiger partial charge in [0.25, 0.3) is 0 Å². The average Bonchev–Trinajstić information content (AvgIpc) is 2.89. The Balaban J connectivity index is 2.08. The zero-order chi connectivity index (χ0) is 11.4. The number of aromatic nitrogens is 4. The summed E-state index contributed by atoms with van der Waals surface area (Å²) in [7, 11) is 0. The fourth-order valence-electron chi connectivity index (χ4n) is 1.65. The highest BCUT2D eigenvalue weighted by Gasteiger charge is 2.02. The average molecular weight is 236 g/mol. The van der Waals surface area contributed by atoms with Crippen molar-refractivity contribution >= 4 is 11.8 Å². The van der Waals surface area contributed by atoms with Crippen molar-refractivity contribution in [1.82, 2.24) is 19.3 Å². The lowest BCUT2D eigenvalue weighted by molar-refractivity contribution is 0.515. The number of thioether (sulfide) groups is 1. The van der Waals surface area contributed by atoms with Gasteiger partial charge in [0.05, 0.1) is 6.20 Å². The minimum absolute atomic E-state index is 0.736. The Morgan fingerprint density at radius 1 is 1.44 bits per heavy atom. The fourth-order valence-corrected chi connectivity index (χ4v) is 2.17. The van der Waals surface area contributed by atoms with Crippen molar-refractivity contribution in [2.45, 2.75) is 31.6 Å². The molecule has 0 atom stereocenters. The van der Waals surface area contributed by atoms with Crippen LogP contribution in [0, 0.1) is 0 Å². The van der Waals surface area contributed by atoms with E-state index in [0.29, 0.717) is 0 Å². The summed E-state index contributed by atoms with van der Waals surface area (Å²) in [5.41, 5.74) is 1.30. The monoisotopic (exact) mass is 236 g/mol. The largest absolute Gasteiger partial charge is 0.306 e. The van der Waals surface area contributed by atoms with Crippen LogP contribution < -0.4 is 0 Å². The number of hydrogen-bond acceptors (Lipinski definition) is 3. The van der Waals surface area contributed by atoms with E-state index in [0.717, 1.165) is 24.7 Å². The van der Waals surface area contributed by atoms with Gasteiger partial charge in [-0.1, -0.05) is 25.1 Å². The number of imidazole rings is 1. The second-order valence-corrected chi connectivity index (χ2v) is 4.44. The molecule has 0 saturated carbocycles. The minimum atomic E-state index is 0.736. The van der Waals surface area contributed by atoms with E-state index in [1.807, 2.05) is 29.5 Å². The normalized spacial score (nSPS) is 10.9. The molecule has 0 fully saturated rings. The molecule has 86 valence electrons. The molecule has 0 bridgehead atoms. The summed E-state index contributed by atoms with van der Waals surface area (Å²) in [5, 5.41) is 5.36. The maximum Gasteiger partial charge on any atom is 0.169 e. The lowest BCUT2D eigenvalue weighted by atomic mass is 10.2. The quantitative estimate of drug-likeness (QED) is 0.747. The van der Waals surface area contributed by atoms with E-state index >= 15 is 0 Å². The van der Waals surface area contributed by atoms with Crippen LogP contribution in [0.2, 0.25) is 0 Å². The van der Waals surface area contributed by atoms with Crippen LogP contribution >= 0.6 is 11.8 Å². The molecule has 0 aliphatic carbocycles. The van der Waals surface area contributed by atoms with Gasteiger partial charge in [0.2, 0.25) is 0 Å². The zero-order valence-corrected chi connectivity index (χ0v) is 10.4. The van der Waals surface area contributed by atoms with Gasteiger partial charge in [0.1, 0.15) is 6.67 Å². The summed E-state index contributed by atoms with van der Waals surface area (Å²) in [5.74, 6) is 0. The molecule has 0 saturated heterocycles. The molecule has 0 amide bonds. The molecule has 0 aromatic carbocycles. The minimum Gasteiger partial charge on any atom is -0.306 e. The third kappa shape index (κ3) is 2.47. The van der Waals surface area contributed by atoms with E-state index in [-0.39, 0.29) is 0 Å². The molecule has 2 aromatic heterocycles. The molecule has 16 heavy (non-hydrogen) atoms. The first kappa shape index (κ1) is 11.3. The van der Waals surface area contributed by atoms with Gasteiger partial charge in [-0.15, -0.1) is 0 Å². The first-order valence-electron chi connectivity index (χ1n) is 5.40. The molecule has 2 heterocycles. The summed E-state index contributed by atoms with van der Waals surface area (Å²) in [6.07, 6.45) is 12.1. The van der Waals surface area contributed by atoms with Crippen molar-refractivity contribution in [2.75, 3.05) is 6.26 Å². The number of hydrogen-bond donors (Lipinski definition) is 0. The van der Waals surface area contributed by atoms with Gasteiger partial charge in [-0.3, -0.25) is 4.68 Å². The van der Waals surface area contributed by atoms with E-state index in [1.165, 1.54) is 5.56 Å². The van der Waals surface area contributed by atoms with Gasteiger partial charge in [-0.2, -0.15) is 5.10 Å². The molecule has 0 N–H and O–H groups in total. The SMILES string of the molecule is CCCc1cnn(Cn2ccnc2SC)c1. The number of aryl methyl sites for hydroxylation is 1. The Bertz CT molecular complexity index is 446. The molecular weight excluding hydrogens is 220 g/mol. The van der Waals surface area contributed by atoms with Crippen LogP contribution in [0.3, 0.4) is 0 Å². The van der Waals surface area contributed by atoms with Gasteiger partial charge < -0.3 is 4.57 Å². The summed E-state index contributed by atoms with van der Waals surface area (Å²) >= 11 is 1.65. The summed E-state index contributed by atoms with van der Waals surface area (Å²) in [6, 6.07) is 0. The lowest BCUT2D eigenvalue weighted by Gasteiger charge is -2.05. The molecule has 0 spiro atoms. The van der Waals surface area contributed by atoms with E-state index in [2.05, 4.69) is 27.8 Å². The van der Waals surface area contributed by atoms with Crippen molar-refractivity contribution in [3.05, 3.63) is 30.4 Å². The van der Waals surface area contributed by atoms with Crippen molar-refractivity contribution in [3.8, 4) is 0 Å². The predicted octanol–water partition coefficient (Wildman–Crippen LogP) is 2.26. The Morgan fingerprint density at radius 3 is 3.06 bits per heavy atom. The fraction of sp³-hybridized carbons (Fsp3) is 0.455. The van der Waals surface area contributed by atoms with Gasteiger partial charge in [0, 0.05) is 18.6 Å². The standard InChI is InChI=1S/C11H16N4S/c1-3-4-10-7-13-15(8-10)9-14-6-5-12-11(14)16-2/h5-8H,3-4,9H2,1-2H3. The second kappa shape index (κ2) is 5.21. The maximum absolute atomic E-state index is 4.34. The predicted molar refractivity (Wildman–Crippen MR) is 65.6 cm³/mol. The first-order chi connectivity index (χ1) is 7.83. The van der Waals surface area contributed by atoms with Crippen LogP contribution in [0.1, 0.15) is 18.9 Å². The molecule has 0 radical (unpaired) electrons. The maximum atomic E-state index is 4.34. The Labute approximate surface area is 99.7 Å². The highest BCUT2D eigenvalue weighted by Crippen LogP contribution is 2.11. The lowest BCUT2D eigenvalue weighted by Crippen LogP contribution is -2.08. The molecular formula is C11H16N4S. The Morgan fingerprint density at radius 2 is 2.31 bits per heavy atom. The van der Waals surface area contributed by atoms with Crippen LogP contribution in [0.25, 0.3) is 0 Å². The second-order valence-electron chi connectivity index (χ2n) is 3.66. The van der Waals surface area contributed by atoms with Crippen molar-refractivity contribution in [1.29, 1.82) is 0 Å². The highest BCUT2D eigenvalue weighted by atomic mass is 32.2. The molecule has 0 aliphatic rings. The summed E-state index contributed by atoms with van der Waals surface area (Å²) in [6.45, 7) is 2.92. The third-order valence-corrected chi connectivity index (χ3v) is 3.09. The van der Waals surface area contributed by atoms with E-state index < -0.39 is 0 Å². The van der Waals surface area contributed by atoms with Crippen LogP contribution in [0.4, 0.5) is 0 Å². The van der Waals surface area contributed by atoms with Crippen LogP contribution in [-0.4, -0.2) is 25.6 Å². The van der Waals surface area contributed by atoms with E-state index in [9.17, 15) is 0 Å². The number of rotatable bonds is 5. The molecule has 5 heteroatoms. The van der Waals surface area contributed by atoms with Crippen molar-refractivity contribution < 1.29 is 0 Å². The van der Waals surface area contributed by atoms with Gasteiger partial charge in [-0.05, 0) is 18.2 Å². The molecule has 2 rings (SSSR count). The van der Waals surface area contributed by atoms with E-state index in [4.69, 9.17) is 0 Å². The Kier molecular flexibility index (Phi) is 3.66. The zero-order valence-electron chi connectivity index (χ0n) is 9.63. The van der Waals surface area contributed by atoms with Crippen LogP contribution in [-0.2, 0) is 13.1 Å². The molecule has 2 aromatic rings. The van der Waals surface area contributed by atoms with Crippen LogP contribution in [0.15, 0.2) is 29.9 Å². The van der Waals surface area contributed by atoms with Gasteiger partial charge in [-0.25, -0.2) is 4.98 Å². The molecule has 0 aliphatic heterocycles. The third-order valence-electron chi connectivity index (χ3n) is 2.38. The summed E-state index contributed by atoms with van der Waals surface area (Å²) < 4.78 is 4.04. The first-order valence-corrected chi connectivity index (χ1v) is 6.62. The molecule has 4 nitrogen and oxygen atoms in total. The van der Waals surface area contributed by atoms with E-state index in [1.54, 1.807) is 11.8 Å². The Hall–Kier alpha value is -1.23. The van der Waals surface area contributed by atoms with Gasteiger partial charge >= 0.3 is 0 Å². The highest BCUT2D eigenvalue weighted by molar-refractivity contribution is 7.98. The number of nitrogens with zero attached hydrogens (tertiary/aromatic N) is 4. The smallest absolute Gasteiger partial charge is 0.169 e.